The molecule has 2 aromatic carbocycles. The highest BCUT2D eigenvalue weighted by Gasteiger charge is 2.32. The topological polar surface area (TPSA) is 108 Å². The van der Waals surface area contributed by atoms with Gasteiger partial charge in [-0.05, 0) is 47.7 Å². The molecule has 0 unspecified atom stereocenters. The van der Waals surface area contributed by atoms with Crippen molar-refractivity contribution in [3.63, 3.8) is 0 Å². The summed E-state index contributed by atoms with van der Waals surface area (Å²) < 4.78 is 55.9. The molecule has 9 nitrogen and oxygen atoms in total. The van der Waals surface area contributed by atoms with Gasteiger partial charge in [-0.15, -0.1) is 0 Å². The van der Waals surface area contributed by atoms with Crippen molar-refractivity contribution in [3.8, 4) is 16.9 Å². The summed E-state index contributed by atoms with van der Waals surface area (Å²) >= 11 is 4.24. The number of aromatic nitrogens is 6. The van der Waals surface area contributed by atoms with Crippen LogP contribution in [-0.2, 0) is 18.6 Å². The second-order valence-corrected chi connectivity index (χ2v) is 10.8. The molecule has 0 atom stereocenters. The number of benzene rings is 2. The third-order valence-electron chi connectivity index (χ3n) is 6.78. The third-order valence-corrected chi connectivity index (χ3v) is 6.78. The number of alkyl halides is 3. The zero-order valence-electron chi connectivity index (χ0n) is 24.0. The first-order valence-electron chi connectivity index (χ1n) is 12.9. The highest BCUT2D eigenvalue weighted by atomic mass is 128. The predicted molar refractivity (Wildman–Crippen MR) is 178 cm³/mol. The molecule has 15 heteroatoms. The van der Waals surface area contributed by atoms with Crippen LogP contribution >= 0.6 is 37.2 Å². The number of nitrogens with zero attached hydrogens (tertiary/aromatic N) is 6. The summed E-state index contributed by atoms with van der Waals surface area (Å²) in [6.07, 6.45) is -1.78. The Kier molecular flexibility index (Phi) is 9.77. The maximum Gasteiger partial charge on any atom is 0.434 e. The predicted octanol–water partition coefficient (Wildman–Crippen LogP) is 7.22. The van der Waals surface area contributed by atoms with Crippen molar-refractivity contribution in [2.45, 2.75) is 39.3 Å². The summed E-state index contributed by atoms with van der Waals surface area (Å²) in [6.45, 7) is 7.57. The highest BCUT2D eigenvalue weighted by molar-refractivity contribution is 15.0. The van der Waals surface area contributed by atoms with Gasteiger partial charge in [-0.1, -0.05) is 32.9 Å². The first-order chi connectivity index (χ1) is 20.6. The minimum absolute atomic E-state index is 0.0147. The summed E-state index contributed by atoms with van der Waals surface area (Å²) in [5, 5.41) is 11.6. The van der Waals surface area contributed by atoms with E-state index < -0.39 is 28.8 Å². The second kappa shape index (κ2) is 12.9. The van der Waals surface area contributed by atoms with Gasteiger partial charge in [-0.25, -0.2) is 19.0 Å². The SMILES string of the molecule is Cc1c(-c2cc(Nc3cnc(C(F)(F)F)cn3)c(=O)n(C)n2)cccc1-n1ncc2cc(C(C)(C)C)cc(F)c2c1=O.II. The summed E-state index contributed by atoms with van der Waals surface area (Å²) in [6, 6.07) is 9.56. The van der Waals surface area contributed by atoms with Gasteiger partial charge in [0.2, 0.25) is 0 Å². The molecule has 3 aromatic heterocycles. The lowest BCUT2D eigenvalue weighted by Crippen LogP contribution is -2.24. The fraction of sp³-hybridized carbons (Fsp3) is 0.241. The van der Waals surface area contributed by atoms with Crippen LogP contribution in [0.15, 0.2) is 64.6 Å². The van der Waals surface area contributed by atoms with E-state index in [1.807, 2.05) is 20.8 Å². The van der Waals surface area contributed by atoms with Crippen molar-refractivity contribution >= 4 is 59.5 Å². The molecule has 3 heterocycles. The van der Waals surface area contributed by atoms with Crippen molar-refractivity contribution in [1.82, 2.24) is 29.5 Å². The molecular formula is C29H25F4I2N7O2. The van der Waals surface area contributed by atoms with Gasteiger partial charge in [0.15, 0.2) is 5.69 Å². The summed E-state index contributed by atoms with van der Waals surface area (Å²) in [4.78, 5) is 33.3. The van der Waals surface area contributed by atoms with Gasteiger partial charge in [0.1, 0.15) is 17.3 Å². The molecule has 0 aliphatic heterocycles. The van der Waals surface area contributed by atoms with E-state index in [0.717, 1.165) is 21.1 Å². The molecular weight excluding hydrogens is 808 g/mol. The number of rotatable bonds is 4. The van der Waals surface area contributed by atoms with Crippen LogP contribution in [-0.4, -0.2) is 29.5 Å². The molecule has 230 valence electrons. The fourth-order valence-electron chi connectivity index (χ4n) is 4.48. The Morgan fingerprint density at radius 2 is 1.64 bits per heavy atom. The molecule has 0 aliphatic rings. The average Bonchev–Trinajstić information content (AvgIpc) is 2.96. The zero-order valence-corrected chi connectivity index (χ0v) is 28.3. The standard InChI is InChI=1S/C29H25F4N7O2.I2/c1-15-18(20-11-21(26(41)39(5)38-20)37-24-14-34-23(13-35-24)29(31,32)33)7-6-8-22(15)40-27(42)25-16(12-36-40)9-17(10-19(25)30)28(2,3)4;1-2/h6-14H,1-5H3,(H,35,37);. The zero-order chi connectivity index (χ0) is 32.6. The molecule has 0 fully saturated rings. The summed E-state index contributed by atoms with van der Waals surface area (Å²) in [7, 11) is 1.42. The summed E-state index contributed by atoms with van der Waals surface area (Å²) in [5.74, 6) is -0.722. The summed E-state index contributed by atoms with van der Waals surface area (Å²) in [5.41, 5.74) is -0.205. The van der Waals surface area contributed by atoms with Gasteiger partial charge in [0, 0.05) is 55.2 Å². The fourth-order valence-corrected chi connectivity index (χ4v) is 4.48. The Hall–Kier alpha value is -3.48. The van der Waals surface area contributed by atoms with Crippen LogP contribution in [0.4, 0.5) is 29.1 Å². The van der Waals surface area contributed by atoms with Crippen LogP contribution in [0, 0.1) is 12.7 Å². The van der Waals surface area contributed by atoms with Crippen LogP contribution in [0.3, 0.4) is 0 Å². The number of halogens is 6. The largest absolute Gasteiger partial charge is 0.434 e. The van der Waals surface area contributed by atoms with Crippen molar-refractivity contribution in [2.24, 2.45) is 7.05 Å². The van der Waals surface area contributed by atoms with Crippen LogP contribution in [0.25, 0.3) is 27.7 Å². The first-order valence-corrected chi connectivity index (χ1v) is 19.1. The number of anilines is 2. The van der Waals surface area contributed by atoms with E-state index in [-0.39, 0.29) is 22.3 Å². The minimum Gasteiger partial charge on any atom is -0.334 e. The van der Waals surface area contributed by atoms with E-state index in [1.165, 1.54) is 25.4 Å². The molecule has 44 heavy (non-hydrogen) atoms. The number of nitrogens with one attached hydrogen (secondary N) is 1. The van der Waals surface area contributed by atoms with E-state index >= 15 is 4.39 Å². The average molecular weight is 833 g/mol. The van der Waals surface area contributed by atoms with Gasteiger partial charge >= 0.3 is 6.18 Å². The van der Waals surface area contributed by atoms with Gasteiger partial charge in [0.05, 0.1) is 35.4 Å². The Morgan fingerprint density at radius 1 is 0.932 bits per heavy atom. The molecule has 0 saturated heterocycles. The van der Waals surface area contributed by atoms with Crippen molar-refractivity contribution in [2.75, 3.05) is 5.32 Å². The van der Waals surface area contributed by atoms with Crippen LogP contribution in [0.5, 0.6) is 0 Å². The smallest absolute Gasteiger partial charge is 0.334 e. The number of aryl methyl sites for hydroxylation is 1. The lowest BCUT2D eigenvalue weighted by atomic mass is 9.86. The lowest BCUT2D eigenvalue weighted by Gasteiger charge is -2.20. The second-order valence-electron chi connectivity index (χ2n) is 10.8. The van der Waals surface area contributed by atoms with E-state index in [1.54, 1.807) is 31.2 Å². The number of fused-ring (bicyclic) bond motifs is 1. The Balaban J connectivity index is 0.00000216. The van der Waals surface area contributed by atoms with E-state index in [2.05, 4.69) is 62.7 Å². The maximum atomic E-state index is 15.2. The normalized spacial score (nSPS) is 11.7. The van der Waals surface area contributed by atoms with Crippen LogP contribution < -0.4 is 16.4 Å². The van der Waals surface area contributed by atoms with E-state index in [4.69, 9.17) is 0 Å². The lowest BCUT2D eigenvalue weighted by molar-refractivity contribution is -0.141. The minimum atomic E-state index is -4.66. The molecule has 0 radical (unpaired) electrons. The maximum absolute atomic E-state index is 15.2. The van der Waals surface area contributed by atoms with Gasteiger partial charge in [-0.2, -0.15) is 28.1 Å². The van der Waals surface area contributed by atoms with E-state index in [9.17, 15) is 22.8 Å². The molecule has 0 amide bonds. The van der Waals surface area contributed by atoms with Crippen molar-refractivity contribution < 1.29 is 17.6 Å². The number of hydrogen-bond donors (Lipinski definition) is 1. The molecule has 5 rings (SSSR count). The van der Waals surface area contributed by atoms with Crippen LogP contribution in [0.2, 0.25) is 0 Å². The molecule has 5 aromatic rings. The molecule has 0 aliphatic carbocycles. The molecule has 0 saturated carbocycles. The molecule has 0 spiro atoms. The van der Waals surface area contributed by atoms with Crippen molar-refractivity contribution in [1.29, 1.82) is 0 Å². The van der Waals surface area contributed by atoms with E-state index in [0.29, 0.717) is 34.1 Å². The van der Waals surface area contributed by atoms with Gasteiger partial charge < -0.3 is 5.32 Å². The van der Waals surface area contributed by atoms with Crippen molar-refractivity contribution in [3.05, 3.63) is 98.3 Å². The Bertz CT molecular complexity index is 1970. The molecule has 1 N–H and O–H groups in total. The highest BCUT2D eigenvalue weighted by Crippen LogP contribution is 2.30. The van der Waals surface area contributed by atoms with Gasteiger partial charge in [0.25, 0.3) is 11.1 Å². The Labute approximate surface area is 272 Å². The third kappa shape index (κ3) is 6.77. The van der Waals surface area contributed by atoms with Crippen LogP contribution in [0.1, 0.15) is 37.6 Å². The monoisotopic (exact) mass is 833 g/mol. The first kappa shape index (κ1) is 33.4. The number of hydrogen-bond acceptors (Lipinski definition) is 7. The quantitative estimate of drug-likeness (QED) is 0.151. The Morgan fingerprint density at radius 3 is 2.25 bits per heavy atom. The molecule has 0 bridgehead atoms. The van der Waals surface area contributed by atoms with Gasteiger partial charge in [-0.3, -0.25) is 9.59 Å².